The Labute approximate surface area is 103 Å². The Hall–Kier alpha value is -2.28. The van der Waals surface area contributed by atoms with Crippen LogP contribution in [0.25, 0.3) is 0 Å². The van der Waals surface area contributed by atoms with Crippen LogP contribution in [0.5, 0.6) is 5.75 Å². The van der Waals surface area contributed by atoms with Gasteiger partial charge in [0.2, 0.25) is 0 Å². The number of hydrogen-bond donors (Lipinski definition) is 4. The van der Waals surface area contributed by atoms with Crippen LogP contribution in [0.1, 0.15) is 0 Å². The van der Waals surface area contributed by atoms with E-state index >= 15 is 0 Å². The highest BCUT2D eigenvalue weighted by atomic mass is 16.4. The van der Waals surface area contributed by atoms with Gasteiger partial charge < -0.3 is 20.6 Å². The lowest BCUT2D eigenvalue weighted by atomic mass is 10.3. The third-order valence-electron chi connectivity index (χ3n) is 2.30. The predicted molar refractivity (Wildman–Crippen MR) is 63.6 cm³/mol. The minimum absolute atomic E-state index is 0.0101. The molecule has 0 aliphatic rings. The van der Waals surface area contributed by atoms with Gasteiger partial charge in [-0.3, -0.25) is 4.90 Å². The number of nitrogens with one attached hydrogen (secondary N) is 1. The summed E-state index contributed by atoms with van der Waals surface area (Å²) in [4.78, 5) is 23.5. The molecular formula is C11H14N2O5. The van der Waals surface area contributed by atoms with Crippen LogP contribution in [0.15, 0.2) is 24.3 Å². The predicted octanol–water partition coefficient (Wildman–Crippen LogP) is -0.0165. The number of phenolic OH excluding ortho intramolecular Hbond substituents is 1. The van der Waals surface area contributed by atoms with E-state index in [0.29, 0.717) is 5.69 Å². The molecule has 2 amide bonds. The lowest BCUT2D eigenvalue weighted by molar-refractivity contribution is -0.140. The van der Waals surface area contributed by atoms with E-state index in [2.05, 4.69) is 5.32 Å². The highest BCUT2D eigenvalue weighted by Gasteiger charge is 2.21. The Bertz CT molecular complexity index is 449. The van der Waals surface area contributed by atoms with Gasteiger partial charge in [-0.05, 0) is 12.1 Å². The Morgan fingerprint density at radius 1 is 1.44 bits per heavy atom. The first-order chi connectivity index (χ1) is 8.45. The highest BCUT2D eigenvalue weighted by molar-refractivity contribution is 5.94. The maximum Gasteiger partial charge on any atom is 0.328 e. The molecule has 0 spiro atoms. The summed E-state index contributed by atoms with van der Waals surface area (Å²) in [6.07, 6.45) is 0. The van der Waals surface area contributed by atoms with Gasteiger partial charge in [0.15, 0.2) is 6.04 Å². The molecule has 7 nitrogen and oxygen atoms in total. The van der Waals surface area contributed by atoms with Crippen LogP contribution in [-0.2, 0) is 4.79 Å². The van der Waals surface area contributed by atoms with Crippen LogP contribution in [0.2, 0.25) is 0 Å². The van der Waals surface area contributed by atoms with E-state index in [1.165, 1.54) is 19.2 Å². The second-order valence-electron chi connectivity index (χ2n) is 3.60. The number of anilines is 1. The Kier molecular flexibility index (Phi) is 4.50. The Morgan fingerprint density at radius 3 is 2.61 bits per heavy atom. The van der Waals surface area contributed by atoms with Gasteiger partial charge in [-0.15, -0.1) is 0 Å². The van der Waals surface area contributed by atoms with E-state index in [-0.39, 0.29) is 5.75 Å². The number of carboxylic acids is 1. The first-order valence-electron chi connectivity index (χ1n) is 5.12. The minimum atomic E-state index is -1.36. The van der Waals surface area contributed by atoms with Crippen molar-refractivity contribution >= 4 is 17.7 Å². The van der Waals surface area contributed by atoms with Gasteiger partial charge in [-0.2, -0.15) is 0 Å². The summed E-state index contributed by atoms with van der Waals surface area (Å²) in [5.74, 6) is -1.33. The van der Waals surface area contributed by atoms with E-state index in [4.69, 9.17) is 10.2 Å². The zero-order chi connectivity index (χ0) is 13.7. The summed E-state index contributed by atoms with van der Waals surface area (Å²) in [7, 11) is 1.42. The Balaban J connectivity index is 2.75. The van der Waals surface area contributed by atoms with Crippen molar-refractivity contribution in [2.24, 2.45) is 0 Å². The number of nitrogens with zero attached hydrogens (tertiary/aromatic N) is 1. The number of phenols is 1. The van der Waals surface area contributed by atoms with Gasteiger partial charge in [0.1, 0.15) is 5.75 Å². The third-order valence-corrected chi connectivity index (χ3v) is 2.30. The molecular weight excluding hydrogens is 240 g/mol. The van der Waals surface area contributed by atoms with Crippen LogP contribution in [-0.4, -0.2) is 47.0 Å². The molecule has 0 saturated carbocycles. The quantitative estimate of drug-likeness (QED) is 0.603. The number of benzene rings is 1. The van der Waals surface area contributed by atoms with E-state index < -0.39 is 24.6 Å². The number of carbonyl (C=O) groups excluding carboxylic acids is 1. The molecule has 1 atom stereocenters. The molecule has 0 aromatic heterocycles. The summed E-state index contributed by atoms with van der Waals surface area (Å²) < 4.78 is 0. The van der Waals surface area contributed by atoms with Gasteiger partial charge >= 0.3 is 12.0 Å². The SMILES string of the molecule is CN(C(=O)N[C@@H](CO)C(=O)O)c1cccc(O)c1. The topological polar surface area (TPSA) is 110 Å². The molecule has 98 valence electrons. The fourth-order valence-corrected chi connectivity index (χ4v) is 1.25. The zero-order valence-corrected chi connectivity index (χ0v) is 9.70. The largest absolute Gasteiger partial charge is 0.508 e. The maximum absolute atomic E-state index is 11.7. The van der Waals surface area contributed by atoms with Crippen molar-refractivity contribution in [3.05, 3.63) is 24.3 Å². The molecule has 0 saturated heterocycles. The fourth-order valence-electron chi connectivity index (χ4n) is 1.25. The van der Waals surface area contributed by atoms with Crippen molar-refractivity contribution in [3.63, 3.8) is 0 Å². The molecule has 0 radical (unpaired) electrons. The first-order valence-corrected chi connectivity index (χ1v) is 5.12. The molecule has 18 heavy (non-hydrogen) atoms. The average Bonchev–Trinajstić information content (AvgIpc) is 2.34. The molecule has 0 heterocycles. The molecule has 1 rings (SSSR count). The second-order valence-corrected chi connectivity index (χ2v) is 3.60. The molecule has 7 heteroatoms. The average molecular weight is 254 g/mol. The van der Waals surface area contributed by atoms with E-state index in [0.717, 1.165) is 4.90 Å². The number of carboxylic acid groups (broad SMARTS) is 1. The van der Waals surface area contributed by atoms with Crippen molar-refractivity contribution in [3.8, 4) is 5.75 Å². The van der Waals surface area contributed by atoms with E-state index in [9.17, 15) is 14.7 Å². The summed E-state index contributed by atoms with van der Waals surface area (Å²) >= 11 is 0. The number of aliphatic hydroxyl groups is 1. The van der Waals surface area contributed by atoms with Gasteiger partial charge in [-0.1, -0.05) is 6.07 Å². The number of rotatable bonds is 4. The maximum atomic E-state index is 11.7. The molecule has 0 aliphatic heterocycles. The molecule has 1 aromatic rings. The lowest BCUT2D eigenvalue weighted by Crippen LogP contribution is -2.48. The van der Waals surface area contributed by atoms with Gasteiger partial charge in [-0.25, -0.2) is 9.59 Å². The van der Waals surface area contributed by atoms with E-state index in [1.54, 1.807) is 12.1 Å². The smallest absolute Gasteiger partial charge is 0.328 e. The van der Waals surface area contributed by atoms with Crippen LogP contribution in [0, 0.1) is 0 Å². The van der Waals surface area contributed by atoms with Gasteiger partial charge in [0.25, 0.3) is 0 Å². The van der Waals surface area contributed by atoms with Crippen molar-refractivity contribution < 1.29 is 24.9 Å². The number of amides is 2. The second kappa shape index (κ2) is 5.87. The minimum Gasteiger partial charge on any atom is -0.508 e. The molecule has 4 N–H and O–H groups in total. The van der Waals surface area contributed by atoms with Crippen LogP contribution < -0.4 is 10.2 Å². The first kappa shape index (κ1) is 13.8. The van der Waals surface area contributed by atoms with Crippen molar-refractivity contribution in [2.75, 3.05) is 18.6 Å². The number of hydrogen-bond acceptors (Lipinski definition) is 4. The number of aromatic hydroxyl groups is 1. The lowest BCUT2D eigenvalue weighted by Gasteiger charge is -2.20. The Morgan fingerprint density at radius 2 is 2.11 bits per heavy atom. The van der Waals surface area contributed by atoms with Crippen molar-refractivity contribution in [2.45, 2.75) is 6.04 Å². The molecule has 1 aromatic carbocycles. The number of urea groups is 1. The van der Waals surface area contributed by atoms with E-state index in [1.807, 2.05) is 0 Å². The zero-order valence-electron chi connectivity index (χ0n) is 9.70. The van der Waals surface area contributed by atoms with Crippen molar-refractivity contribution in [1.82, 2.24) is 5.32 Å². The summed E-state index contributed by atoms with van der Waals surface area (Å²) in [6.45, 7) is -0.699. The van der Waals surface area contributed by atoms with Crippen LogP contribution in [0.4, 0.5) is 10.5 Å². The number of aliphatic hydroxyl groups excluding tert-OH is 1. The van der Waals surface area contributed by atoms with Crippen molar-refractivity contribution in [1.29, 1.82) is 0 Å². The van der Waals surface area contributed by atoms with Crippen LogP contribution >= 0.6 is 0 Å². The number of carbonyl (C=O) groups is 2. The molecule has 0 fully saturated rings. The van der Waals surface area contributed by atoms with Gasteiger partial charge in [0.05, 0.1) is 6.61 Å². The standard InChI is InChI=1S/C11H14N2O5/c1-13(7-3-2-4-8(15)5-7)11(18)12-9(6-14)10(16)17/h2-5,9,14-15H,6H2,1H3,(H,12,18)(H,16,17)/t9-/m0/s1. The summed E-state index contributed by atoms with van der Waals surface area (Å²) in [6, 6.07) is 3.87. The normalized spacial score (nSPS) is 11.7. The molecule has 0 unspecified atom stereocenters. The number of aliphatic carboxylic acids is 1. The molecule has 0 aliphatic carbocycles. The molecule has 0 bridgehead atoms. The van der Waals surface area contributed by atoms with Gasteiger partial charge in [0, 0.05) is 18.8 Å². The summed E-state index contributed by atoms with van der Waals surface area (Å²) in [5, 5.41) is 28.9. The third kappa shape index (κ3) is 3.36. The summed E-state index contributed by atoms with van der Waals surface area (Å²) in [5.41, 5.74) is 0.398. The van der Waals surface area contributed by atoms with Crippen LogP contribution in [0.3, 0.4) is 0 Å². The highest BCUT2D eigenvalue weighted by Crippen LogP contribution is 2.18. The monoisotopic (exact) mass is 254 g/mol. The fraction of sp³-hybridized carbons (Fsp3) is 0.273.